The number of aliphatic hydroxyl groups is 1. The van der Waals surface area contributed by atoms with Gasteiger partial charge >= 0.3 is 5.97 Å². The van der Waals surface area contributed by atoms with E-state index in [0.29, 0.717) is 6.42 Å². The number of Topliss-reactive ketones (excluding diaryl/α,β-unsaturated/α-hetero) is 1. The number of fused-ring (bicyclic) bond motifs is 1. The van der Waals surface area contributed by atoms with Crippen molar-refractivity contribution in [2.75, 3.05) is 0 Å². The summed E-state index contributed by atoms with van der Waals surface area (Å²) in [6.45, 7) is 10.3. The van der Waals surface area contributed by atoms with Crippen LogP contribution in [0.5, 0.6) is 0 Å². The predicted molar refractivity (Wildman–Crippen MR) is 93.5 cm³/mol. The second-order valence-electron chi connectivity index (χ2n) is 8.94. The van der Waals surface area contributed by atoms with Crippen LogP contribution in [0.25, 0.3) is 0 Å². The van der Waals surface area contributed by atoms with Gasteiger partial charge in [-0.05, 0) is 49.4 Å². The Kier molecular flexibility index (Phi) is 5.29. The first kappa shape index (κ1) is 19.2. The van der Waals surface area contributed by atoms with E-state index < -0.39 is 17.5 Å². The lowest BCUT2D eigenvalue weighted by Gasteiger charge is -2.57. The van der Waals surface area contributed by atoms with Crippen LogP contribution in [0.2, 0.25) is 0 Å². The molecule has 0 aromatic carbocycles. The lowest BCUT2D eigenvalue weighted by Crippen LogP contribution is -2.58. The average molecular weight is 336 g/mol. The molecule has 0 saturated heterocycles. The summed E-state index contributed by atoms with van der Waals surface area (Å²) in [4.78, 5) is 23.4. The van der Waals surface area contributed by atoms with E-state index in [4.69, 9.17) is 5.11 Å². The summed E-state index contributed by atoms with van der Waals surface area (Å²) in [5.41, 5.74) is 0.740. The van der Waals surface area contributed by atoms with Gasteiger partial charge in [-0.15, -0.1) is 0 Å². The van der Waals surface area contributed by atoms with Crippen LogP contribution in [0.15, 0.2) is 11.6 Å². The molecule has 4 heteroatoms. The molecule has 1 saturated carbocycles. The molecule has 2 N–H and O–H groups in total. The summed E-state index contributed by atoms with van der Waals surface area (Å²) in [5.74, 6) is -0.113. The van der Waals surface area contributed by atoms with Crippen LogP contribution >= 0.6 is 0 Å². The summed E-state index contributed by atoms with van der Waals surface area (Å²) < 4.78 is 0. The van der Waals surface area contributed by atoms with Gasteiger partial charge in [0.05, 0.1) is 0 Å². The van der Waals surface area contributed by atoms with Crippen LogP contribution in [-0.2, 0) is 9.59 Å². The molecule has 0 amide bonds. The van der Waals surface area contributed by atoms with E-state index in [-0.39, 0.29) is 35.4 Å². The molecule has 5 unspecified atom stereocenters. The fraction of sp³-hybridized carbons (Fsp3) is 0.800. The Morgan fingerprint density at radius 2 is 2.00 bits per heavy atom. The van der Waals surface area contributed by atoms with Gasteiger partial charge in [0.2, 0.25) is 0 Å². The molecule has 5 atom stereocenters. The lowest BCUT2D eigenvalue weighted by atomic mass is 9.47. The SMILES string of the molecule is CC1=CCC2C(C)(C)C(O)C(=O)CC2(C)C1CCC(C)CC(=O)O. The highest BCUT2D eigenvalue weighted by molar-refractivity contribution is 5.85. The minimum Gasteiger partial charge on any atom is -0.481 e. The van der Waals surface area contributed by atoms with Crippen molar-refractivity contribution in [1.82, 2.24) is 0 Å². The molecule has 0 aromatic heterocycles. The van der Waals surface area contributed by atoms with Crippen molar-refractivity contribution < 1.29 is 19.8 Å². The van der Waals surface area contributed by atoms with Gasteiger partial charge < -0.3 is 10.2 Å². The molecule has 1 fully saturated rings. The largest absolute Gasteiger partial charge is 0.481 e. The zero-order valence-corrected chi connectivity index (χ0v) is 15.6. The Balaban J connectivity index is 2.24. The first-order valence-corrected chi connectivity index (χ1v) is 9.09. The molecule has 2 aliphatic rings. The predicted octanol–water partition coefficient (Wildman–Crippen LogP) is 3.83. The van der Waals surface area contributed by atoms with Gasteiger partial charge in [0.15, 0.2) is 5.78 Å². The monoisotopic (exact) mass is 336 g/mol. The van der Waals surface area contributed by atoms with E-state index in [1.165, 1.54) is 5.57 Å². The highest BCUT2D eigenvalue weighted by Crippen LogP contribution is 2.59. The van der Waals surface area contributed by atoms with Crippen LogP contribution in [0.1, 0.15) is 66.7 Å². The topological polar surface area (TPSA) is 74.6 Å². The molecule has 4 nitrogen and oxygen atoms in total. The van der Waals surface area contributed by atoms with E-state index in [1.807, 2.05) is 20.8 Å². The van der Waals surface area contributed by atoms with Crippen molar-refractivity contribution in [1.29, 1.82) is 0 Å². The standard InChI is InChI=1S/C20H32O4/c1-12(10-17(22)23)6-8-14-13(2)7-9-16-19(3,4)18(24)15(21)11-20(14,16)5/h7,12,14,16,18,24H,6,8-11H2,1-5H3,(H,22,23). The first-order valence-electron chi connectivity index (χ1n) is 9.09. The number of rotatable bonds is 5. The fourth-order valence-electron chi connectivity index (χ4n) is 5.36. The zero-order valence-electron chi connectivity index (χ0n) is 15.6. The molecule has 0 heterocycles. The van der Waals surface area contributed by atoms with Crippen molar-refractivity contribution in [3.63, 3.8) is 0 Å². The number of hydrogen-bond acceptors (Lipinski definition) is 3. The minimum absolute atomic E-state index is 0.0444. The smallest absolute Gasteiger partial charge is 0.303 e. The summed E-state index contributed by atoms with van der Waals surface area (Å²) in [7, 11) is 0. The van der Waals surface area contributed by atoms with E-state index in [2.05, 4.69) is 19.9 Å². The van der Waals surface area contributed by atoms with Gasteiger partial charge in [0.1, 0.15) is 6.10 Å². The Labute approximate surface area is 145 Å². The van der Waals surface area contributed by atoms with Crippen LogP contribution in [0.4, 0.5) is 0 Å². The third-order valence-electron chi connectivity index (χ3n) is 6.75. The number of allylic oxidation sites excluding steroid dienone is 2. The molecular formula is C20H32O4. The maximum Gasteiger partial charge on any atom is 0.303 e. The summed E-state index contributed by atoms with van der Waals surface area (Å²) in [5, 5.41) is 19.4. The molecule has 0 aromatic rings. The second-order valence-corrected chi connectivity index (χ2v) is 8.94. The molecule has 2 rings (SSSR count). The third kappa shape index (κ3) is 3.30. The Morgan fingerprint density at radius 3 is 2.58 bits per heavy atom. The van der Waals surface area contributed by atoms with E-state index in [9.17, 15) is 14.7 Å². The fourth-order valence-corrected chi connectivity index (χ4v) is 5.36. The molecule has 0 aliphatic heterocycles. The number of aliphatic hydroxyl groups excluding tert-OH is 1. The number of carbonyl (C=O) groups excluding carboxylic acids is 1. The molecule has 136 valence electrons. The van der Waals surface area contributed by atoms with Crippen molar-refractivity contribution in [3.8, 4) is 0 Å². The summed E-state index contributed by atoms with van der Waals surface area (Å²) >= 11 is 0. The van der Waals surface area contributed by atoms with Crippen molar-refractivity contribution in [3.05, 3.63) is 11.6 Å². The Hall–Kier alpha value is -1.16. The molecule has 0 radical (unpaired) electrons. The van der Waals surface area contributed by atoms with Crippen molar-refractivity contribution >= 4 is 11.8 Å². The minimum atomic E-state index is -0.881. The Morgan fingerprint density at radius 1 is 1.38 bits per heavy atom. The maximum atomic E-state index is 12.5. The van der Waals surface area contributed by atoms with Crippen LogP contribution in [0, 0.1) is 28.6 Å². The number of carboxylic acid groups (broad SMARTS) is 1. The van der Waals surface area contributed by atoms with Gasteiger partial charge in [0, 0.05) is 18.3 Å². The van der Waals surface area contributed by atoms with Crippen molar-refractivity contribution in [2.45, 2.75) is 72.8 Å². The van der Waals surface area contributed by atoms with Gasteiger partial charge in [0.25, 0.3) is 0 Å². The second kappa shape index (κ2) is 6.62. The summed E-state index contributed by atoms with van der Waals surface area (Å²) in [6, 6.07) is 0. The number of aliphatic carboxylic acids is 1. The van der Waals surface area contributed by atoms with Gasteiger partial charge in [-0.2, -0.15) is 0 Å². The summed E-state index contributed by atoms with van der Waals surface area (Å²) in [6.07, 6.45) is 4.66. The molecule has 24 heavy (non-hydrogen) atoms. The number of carbonyl (C=O) groups is 2. The molecule has 0 bridgehead atoms. The molecule has 2 aliphatic carbocycles. The van der Waals surface area contributed by atoms with Crippen LogP contribution in [-0.4, -0.2) is 28.1 Å². The highest BCUT2D eigenvalue weighted by Gasteiger charge is 2.57. The van der Waals surface area contributed by atoms with Crippen LogP contribution < -0.4 is 0 Å². The normalized spacial score (nSPS) is 36.7. The maximum absolute atomic E-state index is 12.5. The van der Waals surface area contributed by atoms with E-state index in [0.717, 1.165) is 19.3 Å². The quantitative estimate of drug-likeness (QED) is 0.748. The lowest BCUT2D eigenvalue weighted by molar-refractivity contribution is -0.159. The number of hydrogen-bond donors (Lipinski definition) is 2. The van der Waals surface area contributed by atoms with Crippen LogP contribution in [0.3, 0.4) is 0 Å². The van der Waals surface area contributed by atoms with E-state index >= 15 is 0 Å². The average Bonchev–Trinajstić information content (AvgIpc) is 2.43. The van der Waals surface area contributed by atoms with E-state index in [1.54, 1.807) is 0 Å². The Bertz CT molecular complexity index is 548. The highest BCUT2D eigenvalue weighted by atomic mass is 16.4. The number of carboxylic acids is 1. The third-order valence-corrected chi connectivity index (χ3v) is 6.75. The molecular weight excluding hydrogens is 304 g/mol. The van der Waals surface area contributed by atoms with Gasteiger partial charge in [-0.1, -0.05) is 39.3 Å². The van der Waals surface area contributed by atoms with Gasteiger partial charge in [-0.3, -0.25) is 9.59 Å². The van der Waals surface area contributed by atoms with Gasteiger partial charge in [-0.25, -0.2) is 0 Å². The van der Waals surface area contributed by atoms with Crippen molar-refractivity contribution in [2.24, 2.45) is 28.6 Å². The molecule has 0 spiro atoms. The first-order chi connectivity index (χ1) is 11.0. The zero-order chi connectivity index (χ0) is 18.3. The number of ketones is 1.